The van der Waals surface area contributed by atoms with Crippen LogP contribution in [0.1, 0.15) is 36.4 Å². The van der Waals surface area contributed by atoms with Gasteiger partial charge in [0, 0.05) is 44.6 Å². The summed E-state index contributed by atoms with van der Waals surface area (Å²) in [4.78, 5) is 13.7. The van der Waals surface area contributed by atoms with Crippen LogP contribution in [0, 0.1) is 13.8 Å². The maximum atomic E-state index is 4.47. The van der Waals surface area contributed by atoms with Crippen molar-refractivity contribution in [3.05, 3.63) is 35.4 Å². The molecule has 0 aromatic carbocycles. The normalized spacial score (nSPS) is 18.6. The molecule has 2 aromatic rings. The van der Waals surface area contributed by atoms with E-state index in [1.165, 1.54) is 6.42 Å². The van der Waals surface area contributed by atoms with Crippen LogP contribution in [-0.2, 0) is 19.6 Å². The third-order valence-electron chi connectivity index (χ3n) is 4.81. The first-order valence-electron chi connectivity index (χ1n) is 8.65. The van der Waals surface area contributed by atoms with E-state index in [4.69, 9.17) is 0 Å². The Bertz CT molecular complexity index is 664. The average molecular weight is 329 g/mol. The van der Waals surface area contributed by atoms with Crippen LogP contribution in [0.15, 0.2) is 12.4 Å². The average Bonchev–Trinajstić information content (AvgIpc) is 3.16. The highest BCUT2D eigenvalue weighted by molar-refractivity contribution is 5.01. The van der Waals surface area contributed by atoms with Crippen LogP contribution >= 0.6 is 0 Å². The summed E-state index contributed by atoms with van der Waals surface area (Å²) in [6.07, 6.45) is 4.91. The third-order valence-corrected chi connectivity index (χ3v) is 4.81. The Labute approximate surface area is 143 Å². The number of aryl methyl sites for hydroxylation is 2. The molecule has 1 saturated heterocycles. The fraction of sp³-hybridized carbons (Fsp3) is 0.647. The first kappa shape index (κ1) is 17.0. The van der Waals surface area contributed by atoms with Gasteiger partial charge in [0.1, 0.15) is 11.6 Å². The summed E-state index contributed by atoms with van der Waals surface area (Å²) in [5.74, 6) is 2.05. The van der Waals surface area contributed by atoms with E-state index in [2.05, 4.69) is 48.5 Å². The highest BCUT2D eigenvalue weighted by Gasteiger charge is 2.27. The van der Waals surface area contributed by atoms with Crippen LogP contribution in [0.3, 0.4) is 0 Å². The molecule has 3 heterocycles. The van der Waals surface area contributed by atoms with Gasteiger partial charge in [-0.1, -0.05) is 0 Å². The summed E-state index contributed by atoms with van der Waals surface area (Å²) in [5.41, 5.74) is 2.01. The SMILES string of the molecule is CCn1c(C)nnc1CN(C)[C@@H]1CCN(Cc2cnc(C)cn2)C1. The quantitative estimate of drug-likeness (QED) is 0.798. The summed E-state index contributed by atoms with van der Waals surface area (Å²) in [5, 5.41) is 8.54. The van der Waals surface area contributed by atoms with Gasteiger partial charge in [-0.15, -0.1) is 10.2 Å². The zero-order chi connectivity index (χ0) is 17.1. The van der Waals surface area contributed by atoms with Crippen LogP contribution in [0.5, 0.6) is 0 Å². The molecule has 7 heteroatoms. The molecule has 24 heavy (non-hydrogen) atoms. The van der Waals surface area contributed by atoms with E-state index >= 15 is 0 Å². The lowest BCUT2D eigenvalue weighted by atomic mass is 10.2. The monoisotopic (exact) mass is 329 g/mol. The van der Waals surface area contributed by atoms with Crippen molar-refractivity contribution in [2.24, 2.45) is 0 Å². The van der Waals surface area contributed by atoms with E-state index in [0.717, 1.165) is 55.8 Å². The fourth-order valence-corrected chi connectivity index (χ4v) is 3.35. The van der Waals surface area contributed by atoms with Crippen LogP contribution in [0.25, 0.3) is 0 Å². The van der Waals surface area contributed by atoms with Crippen molar-refractivity contribution in [1.82, 2.24) is 34.5 Å². The molecule has 1 aliphatic heterocycles. The molecule has 0 spiro atoms. The molecular formula is C17H27N7. The Morgan fingerprint density at radius 3 is 2.75 bits per heavy atom. The molecule has 0 aliphatic carbocycles. The van der Waals surface area contributed by atoms with Gasteiger partial charge in [0.05, 0.1) is 17.9 Å². The molecule has 0 bridgehead atoms. The van der Waals surface area contributed by atoms with Gasteiger partial charge in [0.25, 0.3) is 0 Å². The second kappa shape index (κ2) is 7.36. The van der Waals surface area contributed by atoms with Gasteiger partial charge in [0.2, 0.25) is 0 Å². The standard InChI is InChI=1S/C17H27N7/c1-5-24-14(3)20-21-17(24)12-22(4)16-6-7-23(11-16)10-15-9-18-13(2)8-19-15/h8-9,16H,5-7,10-12H2,1-4H3/t16-/m1/s1. The largest absolute Gasteiger partial charge is 0.314 e. The van der Waals surface area contributed by atoms with Gasteiger partial charge in [-0.3, -0.25) is 19.8 Å². The Balaban J connectivity index is 1.55. The van der Waals surface area contributed by atoms with Gasteiger partial charge in [0.15, 0.2) is 0 Å². The minimum absolute atomic E-state index is 0.547. The first-order chi connectivity index (χ1) is 11.6. The molecular weight excluding hydrogens is 302 g/mol. The Morgan fingerprint density at radius 1 is 1.21 bits per heavy atom. The molecule has 3 rings (SSSR count). The number of hydrogen-bond acceptors (Lipinski definition) is 6. The van der Waals surface area contributed by atoms with Gasteiger partial charge in [-0.05, 0) is 34.2 Å². The molecule has 1 aliphatic rings. The number of nitrogens with zero attached hydrogens (tertiary/aromatic N) is 7. The number of aromatic nitrogens is 5. The zero-order valence-electron chi connectivity index (χ0n) is 15.1. The second-order valence-corrected chi connectivity index (χ2v) is 6.65. The predicted octanol–water partition coefficient (Wildman–Crippen LogP) is 1.41. The highest BCUT2D eigenvalue weighted by atomic mass is 15.3. The molecule has 0 N–H and O–H groups in total. The van der Waals surface area contributed by atoms with Gasteiger partial charge < -0.3 is 4.57 Å². The minimum Gasteiger partial charge on any atom is -0.314 e. The van der Waals surface area contributed by atoms with Crippen molar-refractivity contribution in [1.29, 1.82) is 0 Å². The Morgan fingerprint density at radius 2 is 2.04 bits per heavy atom. The van der Waals surface area contributed by atoms with E-state index in [1.54, 1.807) is 0 Å². The number of likely N-dealkylation sites (N-methyl/N-ethyl adjacent to an activating group) is 1. The van der Waals surface area contributed by atoms with E-state index in [0.29, 0.717) is 6.04 Å². The minimum atomic E-state index is 0.547. The lowest BCUT2D eigenvalue weighted by molar-refractivity contribution is 0.215. The fourth-order valence-electron chi connectivity index (χ4n) is 3.35. The van der Waals surface area contributed by atoms with Crippen LogP contribution in [0.4, 0.5) is 0 Å². The van der Waals surface area contributed by atoms with Gasteiger partial charge in [-0.2, -0.15) is 0 Å². The van der Waals surface area contributed by atoms with E-state index in [1.807, 2.05) is 26.2 Å². The number of rotatable bonds is 6. The Kier molecular flexibility index (Phi) is 5.20. The van der Waals surface area contributed by atoms with Crippen molar-refractivity contribution in [2.45, 2.75) is 52.9 Å². The van der Waals surface area contributed by atoms with Gasteiger partial charge in [-0.25, -0.2) is 0 Å². The number of hydrogen-bond donors (Lipinski definition) is 0. The summed E-state index contributed by atoms with van der Waals surface area (Å²) in [7, 11) is 2.18. The lowest BCUT2D eigenvalue weighted by Crippen LogP contribution is -2.35. The topological polar surface area (TPSA) is 63.0 Å². The molecule has 130 valence electrons. The van der Waals surface area contributed by atoms with Crippen LogP contribution in [0.2, 0.25) is 0 Å². The molecule has 0 saturated carbocycles. The summed E-state index contributed by atoms with van der Waals surface area (Å²) in [6, 6.07) is 0.547. The van der Waals surface area contributed by atoms with E-state index in [9.17, 15) is 0 Å². The zero-order valence-corrected chi connectivity index (χ0v) is 15.1. The summed E-state index contributed by atoms with van der Waals surface area (Å²) < 4.78 is 2.19. The predicted molar refractivity (Wildman–Crippen MR) is 92.4 cm³/mol. The van der Waals surface area contributed by atoms with E-state index in [-0.39, 0.29) is 0 Å². The van der Waals surface area contributed by atoms with E-state index < -0.39 is 0 Å². The van der Waals surface area contributed by atoms with Crippen molar-refractivity contribution in [3.8, 4) is 0 Å². The first-order valence-corrected chi connectivity index (χ1v) is 8.65. The summed E-state index contributed by atoms with van der Waals surface area (Å²) >= 11 is 0. The number of likely N-dealkylation sites (tertiary alicyclic amines) is 1. The highest BCUT2D eigenvalue weighted by Crippen LogP contribution is 2.18. The molecule has 0 radical (unpaired) electrons. The molecule has 7 nitrogen and oxygen atoms in total. The van der Waals surface area contributed by atoms with Crippen LogP contribution in [-0.4, -0.2) is 60.7 Å². The summed E-state index contributed by atoms with van der Waals surface area (Å²) in [6.45, 7) is 10.9. The third kappa shape index (κ3) is 3.79. The maximum Gasteiger partial charge on any atom is 0.147 e. The van der Waals surface area contributed by atoms with Crippen molar-refractivity contribution in [2.75, 3.05) is 20.1 Å². The maximum absolute atomic E-state index is 4.47. The smallest absolute Gasteiger partial charge is 0.147 e. The molecule has 2 aromatic heterocycles. The van der Waals surface area contributed by atoms with Crippen molar-refractivity contribution < 1.29 is 0 Å². The molecule has 0 unspecified atom stereocenters. The molecule has 1 fully saturated rings. The molecule has 1 atom stereocenters. The van der Waals surface area contributed by atoms with Crippen molar-refractivity contribution in [3.63, 3.8) is 0 Å². The molecule has 0 amide bonds. The van der Waals surface area contributed by atoms with Crippen LogP contribution < -0.4 is 0 Å². The lowest BCUT2D eigenvalue weighted by Gasteiger charge is -2.24. The Hall–Kier alpha value is -1.86. The second-order valence-electron chi connectivity index (χ2n) is 6.65. The van der Waals surface area contributed by atoms with Crippen molar-refractivity contribution >= 4 is 0 Å². The van der Waals surface area contributed by atoms with Gasteiger partial charge >= 0.3 is 0 Å².